The first kappa shape index (κ1) is 41.2. The Hall–Kier alpha value is -5.25. The number of ether oxygens (including phenoxy) is 1. The van der Waals surface area contributed by atoms with Gasteiger partial charge in [-0.3, -0.25) is 19.2 Å². The second-order valence-electron chi connectivity index (χ2n) is 12.3. The van der Waals surface area contributed by atoms with Crippen LogP contribution in [0, 0.1) is 17.6 Å². The quantitative estimate of drug-likeness (QED) is 0.0558. The second-order valence-corrected chi connectivity index (χ2v) is 12.3. The molecule has 1 fully saturated rings. The third-order valence-electron chi connectivity index (χ3n) is 8.35. The number of hydrogen-bond acceptors (Lipinski definition) is 10. The number of ketones is 2. The molecule has 0 aliphatic heterocycles. The number of aromatic nitrogens is 3. The lowest BCUT2D eigenvalue weighted by Gasteiger charge is -2.20. The molecule has 2 amide bonds. The first-order chi connectivity index (χ1) is 25.2. The van der Waals surface area contributed by atoms with E-state index in [2.05, 4.69) is 31.0 Å². The maximum absolute atomic E-state index is 13.7. The number of carbonyl (C=O) groups excluding carboxylic acids is 4. The number of amides is 2. The summed E-state index contributed by atoms with van der Waals surface area (Å²) < 4.78 is 33.9. The van der Waals surface area contributed by atoms with E-state index in [1.165, 1.54) is 41.2 Å². The summed E-state index contributed by atoms with van der Waals surface area (Å²) in [6, 6.07) is 7.75. The third kappa shape index (κ3) is 13.8. The van der Waals surface area contributed by atoms with Gasteiger partial charge in [0.1, 0.15) is 13.2 Å². The number of nitrogens with two attached hydrogens (primary N) is 2. The molecule has 1 aliphatic carbocycles. The Morgan fingerprint density at radius 1 is 0.942 bits per heavy atom. The van der Waals surface area contributed by atoms with Gasteiger partial charge in [-0.25, -0.2) is 13.5 Å². The van der Waals surface area contributed by atoms with Crippen LogP contribution < -0.4 is 26.8 Å². The van der Waals surface area contributed by atoms with E-state index < -0.39 is 47.8 Å². The van der Waals surface area contributed by atoms with E-state index in [1.54, 1.807) is 6.20 Å². The van der Waals surface area contributed by atoms with Crippen LogP contribution in [0.2, 0.25) is 0 Å². The summed E-state index contributed by atoms with van der Waals surface area (Å²) in [4.78, 5) is 52.5. The fourth-order valence-electron chi connectivity index (χ4n) is 5.54. The van der Waals surface area contributed by atoms with E-state index in [0.29, 0.717) is 32.4 Å². The Morgan fingerprint density at radius 3 is 2.17 bits per heavy atom. The summed E-state index contributed by atoms with van der Waals surface area (Å²) in [6.45, 7) is 0.531. The van der Waals surface area contributed by atoms with E-state index >= 15 is 0 Å². The summed E-state index contributed by atoms with van der Waals surface area (Å²) in [5.41, 5.74) is 19.9. The molecule has 2 atom stereocenters. The van der Waals surface area contributed by atoms with Crippen molar-refractivity contribution in [3.63, 3.8) is 0 Å². The van der Waals surface area contributed by atoms with Crippen molar-refractivity contribution in [2.45, 2.75) is 82.8 Å². The molecular formula is C35H46F2N10O5. The van der Waals surface area contributed by atoms with Crippen molar-refractivity contribution >= 4 is 29.1 Å². The van der Waals surface area contributed by atoms with Crippen LogP contribution in [0.4, 0.5) is 14.5 Å². The Bertz CT molecular complexity index is 1630. The normalized spacial score (nSPS) is 13.5. The van der Waals surface area contributed by atoms with Crippen molar-refractivity contribution < 1.29 is 32.7 Å². The zero-order valence-electron chi connectivity index (χ0n) is 29.0. The number of nitrogens with one attached hydrogen (secondary N) is 2. The lowest BCUT2D eigenvalue weighted by Crippen LogP contribution is -2.44. The summed E-state index contributed by atoms with van der Waals surface area (Å²) in [5.74, 6) is -3.57. The SMILES string of the molecule is NCCCCC(NC(=O)C1CCCC1)C(=O)Cn1ccnn1.[N-]=[N+]=Nc1cccc(C(=O)NC(CCCCN)C(=O)COc2c(F)cccc2F)c1. The molecule has 2 aromatic carbocycles. The van der Waals surface area contributed by atoms with Gasteiger partial charge in [-0.15, -0.1) is 5.10 Å². The van der Waals surface area contributed by atoms with Gasteiger partial charge in [0.2, 0.25) is 5.91 Å². The minimum atomic E-state index is -0.943. The average molecular weight is 725 g/mol. The van der Waals surface area contributed by atoms with Crippen molar-refractivity contribution in [3.05, 3.63) is 82.5 Å². The number of halogens is 2. The van der Waals surface area contributed by atoms with Crippen molar-refractivity contribution in [2.24, 2.45) is 22.5 Å². The van der Waals surface area contributed by atoms with E-state index in [0.717, 1.165) is 50.7 Å². The average Bonchev–Trinajstić information content (AvgIpc) is 3.87. The fourth-order valence-corrected chi connectivity index (χ4v) is 5.54. The van der Waals surface area contributed by atoms with Gasteiger partial charge in [-0.2, -0.15) is 0 Å². The van der Waals surface area contributed by atoms with E-state index in [9.17, 15) is 28.0 Å². The molecule has 17 heteroatoms. The second kappa shape index (κ2) is 22.5. The maximum atomic E-state index is 13.7. The van der Waals surface area contributed by atoms with Crippen LogP contribution >= 0.6 is 0 Å². The topological polar surface area (TPSA) is 233 Å². The molecule has 1 aliphatic rings. The zero-order valence-corrected chi connectivity index (χ0v) is 29.0. The monoisotopic (exact) mass is 724 g/mol. The summed E-state index contributed by atoms with van der Waals surface area (Å²) in [6.07, 6.45) is 11.0. The molecule has 0 spiro atoms. The minimum Gasteiger partial charge on any atom is -0.480 e. The van der Waals surface area contributed by atoms with E-state index in [1.807, 2.05) is 0 Å². The van der Waals surface area contributed by atoms with Gasteiger partial charge in [0.15, 0.2) is 29.0 Å². The van der Waals surface area contributed by atoms with Crippen LogP contribution in [0.1, 0.15) is 74.6 Å². The van der Waals surface area contributed by atoms with Gasteiger partial charge in [0.05, 0.1) is 18.3 Å². The summed E-state index contributed by atoms with van der Waals surface area (Å²) in [5, 5.41) is 16.5. The van der Waals surface area contributed by atoms with Crippen LogP contribution in [0.25, 0.3) is 10.4 Å². The first-order valence-corrected chi connectivity index (χ1v) is 17.3. The molecule has 6 N–H and O–H groups in total. The maximum Gasteiger partial charge on any atom is 0.251 e. The van der Waals surface area contributed by atoms with Crippen molar-refractivity contribution in [1.82, 2.24) is 25.6 Å². The van der Waals surface area contributed by atoms with Crippen molar-refractivity contribution in [1.29, 1.82) is 0 Å². The van der Waals surface area contributed by atoms with Gasteiger partial charge in [-0.1, -0.05) is 41.4 Å². The molecule has 15 nitrogen and oxygen atoms in total. The van der Waals surface area contributed by atoms with Gasteiger partial charge >= 0.3 is 0 Å². The first-order valence-electron chi connectivity index (χ1n) is 17.3. The molecule has 0 bridgehead atoms. The Morgan fingerprint density at radius 2 is 1.58 bits per heavy atom. The Labute approximate surface area is 300 Å². The minimum absolute atomic E-state index is 0.0159. The highest BCUT2D eigenvalue weighted by atomic mass is 19.1. The molecule has 280 valence electrons. The largest absolute Gasteiger partial charge is 0.480 e. The number of rotatable bonds is 20. The zero-order chi connectivity index (χ0) is 37.7. The van der Waals surface area contributed by atoms with Crippen molar-refractivity contribution in [2.75, 3.05) is 19.7 Å². The van der Waals surface area contributed by atoms with E-state index in [-0.39, 0.29) is 41.8 Å². The van der Waals surface area contributed by atoms with Gasteiger partial charge in [0, 0.05) is 28.3 Å². The summed E-state index contributed by atoms with van der Waals surface area (Å²) in [7, 11) is 0. The van der Waals surface area contributed by atoms with Crippen LogP contribution in [-0.4, -0.2) is 70.2 Å². The predicted molar refractivity (Wildman–Crippen MR) is 188 cm³/mol. The molecule has 1 aromatic heterocycles. The van der Waals surface area contributed by atoms with Gasteiger partial charge in [0.25, 0.3) is 5.91 Å². The molecule has 4 rings (SSSR count). The van der Waals surface area contributed by atoms with Crippen LogP contribution in [-0.2, 0) is 20.9 Å². The number of para-hydroxylation sites is 1. The number of azide groups is 1. The standard InChI is InChI=1S/C20H21F2N5O3.C15H25N5O2/c21-15-7-4-8-16(22)19(15)30-12-18(28)17(9-1-2-10-23)25-20(29)13-5-3-6-14(11-13)26-27-24;16-8-4-3-7-13(14(21)11-20-10-9-17-19-20)18-15(22)12-5-1-2-6-12/h3-8,11,17H,1-2,9-10,12,23H2,(H,25,29);9-10,12-13H,1-8,11,16H2,(H,18,22). The fraction of sp³-hybridized carbons (Fsp3) is 0.486. The van der Waals surface area contributed by atoms with Crippen LogP contribution in [0.3, 0.4) is 0 Å². The number of unbranched alkanes of at least 4 members (excludes halogenated alkanes) is 2. The highest BCUT2D eigenvalue weighted by Crippen LogP contribution is 2.25. The predicted octanol–water partition coefficient (Wildman–Crippen LogP) is 4.43. The third-order valence-corrected chi connectivity index (χ3v) is 8.35. The van der Waals surface area contributed by atoms with Crippen molar-refractivity contribution in [3.8, 4) is 5.75 Å². The molecule has 3 aromatic rings. The lowest BCUT2D eigenvalue weighted by molar-refractivity contribution is -0.130. The summed E-state index contributed by atoms with van der Waals surface area (Å²) >= 11 is 0. The highest BCUT2D eigenvalue weighted by molar-refractivity contribution is 5.98. The lowest BCUT2D eigenvalue weighted by atomic mass is 10.0. The van der Waals surface area contributed by atoms with Gasteiger partial charge < -0.3 is 26.8 Å². The van der Waals surface area contributed by atoms with E-state index in [4.69, 9.17) is 21.7 Å². The Kier molecular flexibility index (Phi) is 17.8. The molecule has 52 heavy (non-hydrogen) atoms. The molecule has 0 saturated heterocycles. The Balaban J connectivity index is 0.000000294. The smallest absolute Gasteiger partial charge is 0.251 e. The van der Waals surface area contributed by atoms with Crippen LogP contribution in [0.15, 0.2) is 60.0 Å². The number of Topliss-reactive ketones (excluding diaryl/α,β-unsaturated/α-hetero) is 2. The number of hydrogen-bond donors (Lipinski definition) is 4. The highest BCUT2D eigenvalue weighted by Gasteiger charge is 2.28. The molecule has 2 unspecified atom stereocenters. The number of nitrogens with zero attached hydrogens (tertiary/aromatic N) is 6. The number of carbonyl (C=O) groups is 4. The molecule has 0 radical (unpaired) electrons. The van der Waals surface area contributed by atoms with Gasteiger partial charge in [-0.05, 0) is 94.3 Å². The molecule has 1 heterocycles. The van der Waals surface area contributed by atoms with Crippen LogP contribution in [0.5, 0.6) is 5.75 Å². The molecular weight excluding hydrogens is 678 g/mol. The molecule has 1 saturated carbocycles. The number of benzene rings is 2.